The predicted octanol–water partition coefficient (Wildman–Crippen LogP) is 5.11. The maximum atomic E-state index is 12.3. The van der Waals surface area contributed by atoms with Crippen LogP contribution in [0.25, 0.3) is 0 Å². The van der Waals surface area contributed by atoms with Crippen molar-refractivity contribution in [1.29, 1.82) is 0 Å². The van der Waals surface area contributed by atoms with Gasteiger partial charge in [-0.05, 0) is 19.3 Å². The maximum Gasteiger partial charge on any atom is 0.214 e. The highest BCUT2D eigenvalue weighted by Crippen LogP contribution is 2.16. The first-order valence-electron chi connectivity index (χ1n) is 9.64. The van der Waals surface area contributed by atoms with Crippen LogP contribution in [0.2, 0.25) is 0 Å². The molecule has 0 aromatic carbocycles. The van der Waals surface area contributed by atoms with Crippen molar-refractivity contribution in [2.45, 2.75) is 96.8 Å². The third-order valence-electron chi connectivity index (χ3n) is 4.71. The molecular formula is C18H37NO2S. The van der Waals surface area contributed by atoms with E-state index < -0.39 is 10.0 Å². The second kappa shape index (κ2) is 12.3. The molecule has 0 amide bonds. The van der Waals surface area contributed by atoms with Crippen LogP contribution in [0.5, 0.6) is 0 Å². The molecule has 0 aromatic rings. The number of rotatable bonds is 12. The molecule has 1 rings (SSSR count). The maximum absolute atomic E-state index is 12.3. The smallest absolute Gasteiger partial charge is 0.212 e. The van der Waals surface area contributed by atoms with Crippen LogP contribution in [-0.4, -0.2) is 31.6 Å². The zero-order chi connectivity index (χ0) is 16.1. The van der Waals surface area contributed by atoms with Gasteiger partial charge in [0.25, 0.3) is 0 Å². The second-order valence-corrected chi connectivity index (χ2v) is 8.90. The van der Waals surface area contributed by atoms with E-state index in [9.17, 15) is 8.42 Å². The lowest BCUT2D eigenvalue weighted by Crippen LogP contribution is -2.33. The van der Waals surface area contributed by atoms with Crippen molar-refractivity contribution in [3.8, 4) is 0 Å². The topological polar surface area (TPSA) is 37.4 Å². The van der Waals surface area contributed by atoms with E-state index in [2.05, 4.69) is 6.92 Å². The van der Waals surface area contributed by atoms with E-state index >= 15 is 0 Å². The minimum absolute atomic E-state index is 0.365. The Labute approximate surface area is 138 Å². The summed E-state index contributed by atoms with van der Waals surface area (Å²) in [5, 5.41) is 0. The Morgan fingerprint density at radius 2 is 1.14 bits per heavy atom. The molecule has 4 heteroatoms. The van der Waals surface area contributed by atoms with Crippen LogP contribution >= 0.6 is 0 Å². The van der Waals surface area contributed by atoms with E-state index in [0.29, 0.717) is 5.75 Å². The van der Waals surface area contributed by atoms with Crippen molar-refractivity contribution < 1.29 is 8.42 Å². The molecule has 0 aromatic heterocycles. The van der Waals surface area contributed by atoms with Crippen LogP contribution in [0.3, 0.4) is 0 Å². The van der Waals surface area contributed by atoms with Crippen molar-refractivity contribution >= 4 is 10.0 Å². The molecule has 1 aliphatic heterocycles. The van der Waals surface area contributed by atoms with E-state index in [1.165, 1.54) is 64.2 Å². The standard InChI is InChI=1S/C18H37NO2S/c1-2-3-4-5-6-7-8-9-12-15-18-22(20,21)19-16-13-10-11-14-17-19/h2-18H2,1H3. The van der Waals surface area contributed by atoms with Gasteiger partial charge >= 0.3 is 0 Å². The molecule has 0 radical (unpaired) electrons. The second-order valence-electron chi connectivity index (χ2n) is 6.81. The summed E-state index contributed by atoms with van der Waals surface area (Å²) in [7, 11) is -2.98. The van der Waals surface area contributed by atoms with Crippen LogP contribution in [0.15, 0.2) is 0 Å². The minimum Gasteiger partial charge on any atom is -0.212 e. The quantitative estimate of drug-likeness (QED) is 0.466. The first-order valence-corrected chi connectivity index (χ1v) is 11.3. The van der Waals surface area contributed by atoms with Gasteiger partial charge in [0, 0.05) is 13.1 Å². The number of nitrogens with zero attached hydrogens (tertiary/aromatic N) is 1. The van der Waals surface area contributed by atoms with Gasteiger partial charge in [-0.2, -0.15) is 0 Å². The van der Waals surface area contributed by atoms with Gasteiger partial charge in [0.15, 0.2) is 0 Å². The average molecular weight is 332 g/mol. The van der Waals surface area contributed by atoms with Gasteiger partial charge in [-0.1, -0.05) is 77.6 Å². The summed E-state index contributed by atoms with van der Waals surface area (Å²) in [5.74, 6) is 0.365. The fourth-order valence-corrected chi connectivity index (χ4v) is 4.86. The van der Waals surface area contributed by atoms with Gasteiger partial charge in [0.2, 0.25) is 10.0 Å². The molecule has 132 valence electrons. The molecule has 0 saturated carbocycles. The molecule has 1 saturated heterocycles. The highest BCUT2D eigenvalue weighted by molar-refractivity contribution is 7.89. The average Bonchev–Trinajstić information content (AvgIpc) is 2.79. The Kier molecular flexibility index (Phi) is 11.2. The van der Waals surface area contributed by atoms with Gasteiger partial charge in [-0.25, -0.2) is 12.7 Å². The summed E-state index contributed by atoms with van der Waals surface area (Å²) in [6, 6.07) is 0. The Morgan fingerprint density at radius 3 is 1.64 bits per heavy atom. The van der Waals surface area contributed by atoms with Crippen LogP contribution in [0.1, 0.15) is 96.8 Å². The van der Waals surface area contributed by atoms with Gasteiger partial charge in [-0.15, -0.1) is 0 Å². The van der Waals surface area contributed by atoms with Gasteiger partial charge in [-0.3, -0.25) is 0 Å². The zero-order valence-electron chi connectivity index (χ0n) is 14.7. The summed E-state index contributed by atoms with van der Waals surface area (Å²) < 4.78 is 26.3. The lowest BCUT2D eigenvalue weighted by Gasteiger charge is -2.19. The Bertz CT molecular complexity index is 346. The third kappa shape index (κ3) is 9.14. The number of hydrogen-bond acceptors (Lipinski definition) is 2. The van der Waals surface area contributed by atoms with Crippen molar-refractivity contribution in [2.75, 3.05) is 18.8 Å². The monoisotopic (exact) mass is 331 g/mol. The van der Waals surface area contributed by atoms with E-state index in [1.54, 1.807) is 4.31 Å². The molecule has 3 nitrogen and oxygen atoms in total. The normalized spacial score (nSPS) is 17.5. The van der Waals surface area contributed by atoms with Crippen LogP contribution in [0, 0.1) is 0 Å². The summed E-state index contributed by atoms with van der Waals surface area (Å²) >= 11 is 0. The minimum atomic E-state index is -2.98. The summed E-state index contributed by atoms with van der Waals surface area (Å²) in [6.07, 6.45) is 16.9. The SMILES string of the molecule is CCCCCCCCCCCCS(=O)(=O)N1CCCCCC1. The number of unbranched alkanes of at least 4 members (excludes halogenated alkanes) is 9. The zero-order valence-corrected chi connectivity index (χ0v) is 15.5. The molecule has 1 fully saturated rings. The predicted molar refractivity (Wildman–Crippen MR) is 95.7 cm³/mol. The molecular weight excluding hydrogens is 294 g/mol. The Hall–Kier alpha value is -0.0900. The molecule has 1 aliphatic rings. The lowest BCUT2D eigenvalue weighted by atomic mass is 10.1. The van der Waals surface area contributed by atoms with Crippen molar-refractivity contribution in [3.63, 3.8) is 0 Å². The van der Waals surface area contributed by atoms with Crippen LogP contribution < -0.4 is 0 Å². The molecule has 0 spiro atoms. The van der Waals surface area contributed by atoms with Crippen LogP contribution in [0.4, 0.5) is 0 Å². The summed E-state index contributed by atoms with van der Waals surface area (Å²) in [4.78, 5) is 0. The molecule has 1 heterocycles. The van der Waals surface area contributed by atoms with Gasteiger partial charge in [0.1, 0.15) is 0 Å². The van der Waals surface area contributed by atoms with Crippen molar-refractivity contribution in [3.05, 3.63) is 0 Å². The largest absolute Gasteiger partial charge is 0.214 e. The Balaban J connectivity index is 2.01. The number of hydrogen-bond donors (Lipinski definition) is 0. The molecule has 22 heavy (non-hydrogen) atoms. The lowest BCUT2D eigenvalue weighted by molar-refractivity contribution is 0.422. The van der Waals surface area contributed by atoms with Gasteiger partial charge in [0.05, 0.1) is 5.75 Å². The number of sulfonamides is 1. The molecule has 0 aliphatic carbocycles. The molecule has 0 atom stereocenters. The third-order valence-corrected chi connectivity index (χ3v) is 6.67. The highest BCUT2D eigenvalue weighted by atomic mass is 32.2. The van der Waals surface area contributed by atoms with Crippen molar-refractivity contribution in [1.82, 2.24) is 4.31 Å². The first kappa shape index (κ1) is 20.0. The van der Waals surface area contributed by atoms with E-state index in [-0.39, 0.29) is 0 Å². The fraction of sp³-hybridized carbons (Fsp3) is 1.00. The highest BCUT2D eigenvalue weighted by Gasteiger charge is 2.22. The molecule has 0 N–H and O–H groups in total. The molecule has 0 unspecified atom stereocenters. The summed E-state index contributed by atoms with van der Waals surface area (Å²) in [6.45, 7) is 3.75. The molecule has 0 bridgehead atoms. The first-order chi connectivity index (χ1) is 10.7. The van der Waals surface area contributed by atoms with Crippen molar-refractivity contribution in [2.24, 2.45) is 0 Å². The van der Waals surface area contributed by atoms with E-state index in [1.807, 2.05) is 0 Å². The van der Waals surface area contributed by atoms with E-state index in [0.717, 1.165) is 38.8 Å². The fourth-order valence-electron chi connectivity index (χ4n) is 3.22. The Morgan fingerprint density at radius 1 is 0.682 bits per heavy atom. The van der Waals surface area contributed by atoms with E-state index in [4.69, 9.17) is 0 Å². The van der Waals surface area contributed by atoms with Gasteiger partial charge < -0.3 is 0 Å². The summed E-state index contributed by atoms with van der Waals surface area (Å²) in [5.41, 5.74) is 0. The van der Waals surface area contributed by atoms with Crippen LogP contribution in [-0.2, 0) is 10.0 Å².